The van der Waals surface area contributed by atoms with Crippen molar-refractivity contribution in [1.82, 2.24) is 4.31 Å². The third-order valence-corrected chi connectivity index (χ3v) is 6.12. The van der Waals surface area contributed by atoms with Crippen molar-refractivity contribution < 1.29 is 18.3 Å². The van der Waals surface area contributed by atoms with Crippen molar-refractivity contribution in [3.63, 3.8) is 0 Å². The Labute approximate surface area is 126 Å². The van der Waals surface area contributed by atoms with Crippen molar-refractivity contribution in [2.75, 3.05) is 20.2 Å². The summed E-state index contributed by atoms with van der Waals surface area (Å²) in [5, 5.41) is 9.14. The molecule has 1 saturated heterocycles. The summed E-state index contributed by atoms with van der Waals surface area (Å²) in [6.07, 6.45) is 2.92. The van der Waals surface area contributed by atoms with Crippen LogP contribution in [0.3, 0.4) is 0 Å². The van der Waals surface area contributed by atoms with E-state index < -0.39 is 10.0 Å². The quantitative estimate of drug-likeness (QED) is 0.903. The Morgan fingerprint density at radius 3 is 2.52 bits per heavy atom. The first-order chi connectivity index (χ1) is 10.0. The van der Waals surface area contributed by atoms with E-state index in [0.717, 1.165) is 19.3 Å². The highest BCUT2D eigenvalue weighted by molar-refractivity contribution is 7.89. The molecule has 2 rings (SSSR count). The van der Waals surface area contributed by atoms with Gasteiger partial charge in [-0.15, -0.1) is 0 Å². The molecule has 0 bridgehead atoms. The van der Waals surface area contributed by atoms with Gasteiger partial charge in [-0.2, -0.15) is 4.31 Å². The van der Waals surface area contributed by atoms with Gasteiger partial charge in [0.1, 0.15) is 10.6 Å². The van der Waals surface area contributed by atoms with E-state index in [2.05, 4.69) is 6.92 Å². The van der Waals surface area contributed by atoms with Crippen LogP contribution in [0, 0.1) is 5.92 Å². The summed E-state index contributed by atoms with van der Waals surface area (Å²) in [6, 6.07) is 4.71. The molecule has 21 heavy (non-hydrogen) atoms. The molecule has 5 nitrogen and oxygen atoms in total. The fraction of sp³-hybridized carbons (Fsp3) is 0.600. The number of rotatable bonds is 5. The van der Waals surface area contributed by atoms with Gasteiger partial charge in [-0.3, -0.25) is 0 Å². The third kappa shape index (κ3) is 3.39. The normalized spacial score (nSPS) is 17.9. The second kappa shape index (κ2) is 6.77. The average Bonchev–Trinajstić information content (AvgIpc) is 2.54. The lowest BCUT2D eigenvalue weighted by atomic mass is 9.96. The predicted octanol–water partition coefficient (Wildman–Crippen LogP) is 2.00. The van der Waals surface area contributed by atoms with Crippen LogP contribution in [-0.2, 0) is 16.6 Å². The number of aliphatic hydroxyl groups is 1. The first-order valence-electron chi connectivity index (χ1n) is 7.30. The molecule has 1 aromatic rings. The Balaban J connectivity index is 2.27. The number of nitrogens with zero attached hydrogens (tertiary/aromatic N) is 1. The van der Waals surface area contributed by atoms with Crippen LogP contribution in [0.5, 0.6) is 5.75 Å². The van der Waals surface area contributed by atoms with Crippen molar-refractivity contribution in [2.24, 2.45) is 5.92 Å². The molecule has 1 aliphatic rings. The molecule has 1 heterocycles. The van der Waals surface area contributed by atoms with Crippen molar-refractivity contribution in [2.45, 2.75) is 37.7 Å². The van der Waals surface area contributed by atoms with Gasteiger partial charge in [0.05, 0.1) is 13.7 Å². The van der Waals surface area contributed by atoms with Gasteiger partial charge in [0, 0.05) is 13.1 Å². The average molecular weight is 313 g/mol. The van der Waals surface area contributed by atoms with Gasteiger partial charge >= 0.3 is 0 Å². The lowest BCUT2D eigenvalue weighted by molar-refractivity contribution is 0.268. The molecule has 6 heteroatoms. The molecule has 0 atom stereocenters. The number of sulfonamides is 1. The molecule has 0 spiro atoms. The van der Waals surface area contributed by atoms with Crippen LogP contribution in [0.25, 0.3) is 0 Å². The highest BCUT2D eigenvalue weighted by Crippen LogP contribution is 2.31. The number of piperidine rings is 1. The molecule has 1 aromatic carbocycles. The van der Waals surface area contributed by atoms with Crippen LogP contribution in [0.2, 0.25) is 0 Å². The largest absolute Gasteiger partial charge is 0.495 e. The van der Waals surface area contributed by atoms with Gasteiger partial charge in [-0.25, -0.2) is 8.42 Å². The van der Waals surface area contributed by atoms with E-state index in [1.54, 1.807) is 12.1 Å². The Morgan fingerprint density at radius 2 is 2.00 bits per heavy atom. The Hall–Kier alpha value is -1.11. The molecule has 118 valence electrons. The molecule has 0 unspecified atom stereocenters. The SMILES string of the molecule is CCC1CCN(S(=O)(=O)c2ccc(CO)cc2OC)CC1. The first-order valence-corrected chi connectivity index (χ1v) is 8.74. The number of methoxy groups -OCH3 is 1. The highest BCUT2D eigenvalue weighted by Gasteiger charge is 2.31. The number of benzene rings is 1. The minimum absolute atomic E-state index is 0.140. The number of ether oxygens (including phenoxy) is 1. The van der Waals surface area contributed by atoms with Gasteiger partial charge in [-0.05, 0) is 36.5 Å². The molecular formula is C15H23NO4S. The minimum Gasteiger partial charge on any atom is -0.495 e. The minimum atomic E-state index is -3.53. The molecule has 1 aliphatic heterocycles. The van der Waals surface area contributed by atoms with Crippen molar-refractivity contribution in [3.8, 4) is 5.75 Å². The number of aliphatic hydroxyl groups excluding tert-OH is 1. The van der Waals surface area contributed by atoms with E-state index in [4.69, 9.17) is 9.84 Å². The zero-order valence-electron chi connectivity index (χ0n) is 12.6. The highest BCUT2D eigenvalue weighted by atomic mass is 32.2. The fourth-order valence-corrected chi connectivity index (χ4v) is 4.33. The van der Waals surface area contributed by atoms with Crippen LogP contribution in [0.15, 0.2) is 23.1 Å². The summed E-state index contributed by atoms with van der Waals surface area (Å²) in [5.74, 6) is 0.911. The summed E-state index contributed by atoms with van der Waals surface area (Å²) in [4.78, 5) is 0.178. The third-order valence-electron chi connectivity index (χ3n) is 4.18. The smallest absolute Gasteiger partial charge is 0.246 e. The van der Waals surface area contributed by atoms with E-state index in [1.807, 2.05) is 0 Å². The molecule has 0 aliphatic carbocycles. The van der Waals surface area contributed by atoms with Crippen LogP contribution < -0.4 is 4.74 Å². The first kappa shape index (κ1) is 16.3. The fourth-order valence-electron chi connectivity index (χ4n) is 2.72. The molecule has 0 amide bonds. The maximum absolute atomic E-state index is 12.7. The van der Waals surface area contributed by atoms with E-state index in [9.17, 15) is 8.42 Å². The van der Waals surface area contributed by atoms with Crippen LogP contribution in [-0.4, -0.2) is 38.0 Å². The van der Waals surface area contributed by atoms with Gasteiger partial charge < -0.3 is 9.84 Å². The van der Waals surface area contributed by atoms with E-state index in [-0.39, 0.29) is 11.5 Å². The molecular weight excluding hydrogens is 290 g/mol. The zero-order valence-corrected chi connectivity index (χ0v) is 13.4. The van der Waals surface area contributed by atoms with Crippen LogP contribution >= 0.6 is 0 Å². The second-order valence-electron chi connectivity index (χ2n) is 5.40. The molecule has 1 N–H and O–H groups in total. The van der Waals surface area contributed by atoms with Gasteiger partial charge in [0.25, 0.3) is 0 Å². The maximum atomic E-state index is 12.7. The molecule has 0 aromatic heterocycles. The van der Waals surface area contributed by atoms with Crippen molar-refractivity contribution >= 4 is 10.0 Å². The van der Waals surface area contributed by atoms with Crippen molar-refractivity contribution in [1.29, 1.82) is 0 Å². The molecule has 1 fully saturated rings. The Morgan fingerprint density at radius 1 is 1.33 bits per heavy atom. The summed E-state index contributed by atoms with van der Waals surface area (Å²) in [5.41, 5.74) is 0.635. The predicted molar refractivity (Wildman–Crippen MR) is 80.7 cm³/mol. The Kier molecular flexibility index (Phi) is 5.24. The Bertz CT molecular complexity index is 577. The van der Waals surface area contributed by atoms with Gasteiger partial charge in [-0.1, -0.05) is 19.4 Å². The zero-order chi connectivity index (χ0) is 15.5. The number of hydrogen-bond donors (Lipinski definition) is 1. The van der Waals surface area contributed by atoms with Gasteiger partial charge in [0.15, 0.2) is 0 Å². The number of hydrogen-bond acceptors (Lipinski definition) is 4. The topological polar surface area (TPSA) is 66.8 Å². The van der Waals surface area contributed by atoms with E-state index in [1.165, 1.54) is 17.5 Å². The van der Waals surface area contributed by atoms with Gasteiger partial charge in [0.2, 0.25) is 10.0 Å². The van der Waals surface area contributed by atoms with Crippen molar-refractivity contribution in [3.05, 3.63) is 23.8 Å². The molecule has 0 radical (unpaired) electrons. The second-order valence-corrected chi connectivity index (χ2v) is 7.31. The molecule has 0 saturated carbocycles. The summed E-state index contributed by atoms with van der Waals surface area (Å²) < 4.78 is 32.2. The standard InChI is InChI=1S/C15H23NO4S/c1-3-12-6-8-16(9-7-12)21(18,19)15-5-4-13(11-17)10-14(15)20-2/h4-5,10,12,17H,3,6-9,11H2,1-2H3. The van der Waals surface area contributed by atoms with Crippen LogP contribution in [0.4, 0.5) is 0 Å². The lowest BCUT2D eigenvalue weighted by Gasteiger charge is -2.31. The van der Waals surface area contributed by atoms with Crippen LogP contribution in [0.1, 0.15) is 31.7 Å². The lowest BCUT2D eigenvalue weighted by Crippen LogP contribution is -2.38. The van der Waals surface area contributed by atoms with E-state index >= 15 is 0 Å². The summed E-state index contributed by atoms with van der Waals surface area (Å²) >= 11 is 0. The van der Waals surface area contributed by atoms with E-state index in [0.29, 0.717) is 30.3 Å². The maximum Gasteiger partial charge on any atom is 0.246 e. The summed E-state index contributed by atoms with van der Waals surface area (Å²) in [6.45, 7) is 3.13. The monoisotopic (exact) mass is 313 g/mol. The summed E-state index contributed by atoms with van der Waals surface area (Å²) in [7, 11) is -2.09.